The molecule has 0 aliphatic carbocycles. The molecule has 0 heterocycles. The van der Waals surface area contributed by atoms with Crippen LogP contribution in [-0.2, 0) is 5.41 Å². The molecule has 2 aromatic rings. The molecule has 0 spiro atoms. The van der Waals surface area contributed by atoms with Gasteiger partial charge < -0.3 is 9.79 Å². The highest BCUT2D eigenvalue weighted by Gasteiger charge is 2.27. The summed E-state index contributed by atoms with van der Waals surface area (Å²) in [6.45, 7) is 4.44. The molecule has 3 heteroatoms. The van der Waals surface area contributed by atoms with E-state index in [1.165, 1.54) is 11.1 Å². The van der Waals surface area contributed by atoms with Gasteiger partial charge in [-0.05, 0) is 28.9 Å². The standard InChI is InChI=1S/C18H23O2P/c1-18(2,17-11-7-4-8-12-17)13-16(14-21(19)20)15-9-5-3-6-10-15/h3-12,16,19-20H,13-14H2,1-2H3. The fraction of sp³-hybridized carbons (Fsp3) is 0.333. The second kappa shape index (κ2) is 7.17. The summed E-state index contributed by atoms with van der Waals surface area (Å²) in [6, 6.07) is 20.6. The Morgan fingerprint density at radius 2 is 1.43 bits per heavy atom. The van der Waals surface area contributed by atoms with E-state index in [9.17, 15) is 9.79 Å². The quantitative estimate of drug-likeness (QED) is 0.775. The van der Waals surface area contributed by atoms with Gasteiger partial charge in [0, 0.05) is 6.16 Å². The maximum atomic E-state index is 9.47. The van der Waals surface area contributed by atoms with Crippen molar-refractivity contribution < 1.29 is 9.79 Å². The Balaban J connectivity index is 2.22. The molecule has 0 saturated heterocycles. The van der Waals surface area contributed by atoms with Crippen molar-refractivity contribution in [1.82, 2.24) is 0 Å². The summed E-state index contributed by atoms with van der Waals surface area (Å²) in [5.41, 5.74) is 2.45. The van der Waals surface area contributed by atoms with Crippen molar-refractivity contribution in [3.63, 3.8) is 0 Å². The van der Waals surface area contributed by atoms with E-state index < -0.39 is 8.38 Å². The maximum Gasteiger partial charge on any atom is 0.165 e. The smallest absolute Gasteiger partial charge is 0.165 e. The van der Waals surface area contributed by atoms with Crippen LogP contribution < -0.4 is 0 Å². The predicted molar refractivity (Wildman–Crippen MR) is 89.5 cm³/mol. The lowest BCUT2D eigenvalue weighted by molar-refractivity contribution is 0.422. The summed E-state index contributed by atoms with van der Waals surface area (Å²) in [5.74, 6) is 0.155. The van der Waals surface area contributed by atoms with Gasteiger partial charge in [0.25, 0.3) is 0 Å². The van der Waals surface area contributed by atoms with Crippen LogP contribution in [-0.4, -0.2) is 15.9 Å². The van der Waals surface area contributed by atoms with E-state index in [-0.39, 0.29) is 11.3 Å². The Morgan fingerprint density at radius 1 is 0.905 bits per heavy atom. The Kier molecular flexibility index (Phi) is 5.52. The van der Waals surface area contributed by atoms with E-state index in [0.29, 0.717) is 6.16 Å². The molecule has 0 aliphatic heterocycles. The van der Waals surface area contributed by atoms with Crippen LogP contribution in [0.2, 0.25) is 0 Å². The van der Waals surface area contributed by atoms with Gasteiger partial charge in [0.05, 0.1) is 0 Å². The minimum Gasteiger partial charge on any atom is -0.350 e. The third-order valence-corrected chi connectivity index (χ3v) is 4.73. The van der Waals surface area contributed by atoms with Gasteiger partial charge in [0.2, 0.25) is 0 Å². The Bertz CT molecular complexity index is 538. The van der Waals surface area contributed by atoms with Crippen LogP contribution in [0.5, 0.6) is 0 Å². The molecule has 0 aliphatic rings. The van der Waals surface area contributed by atoms with Gasteiger partial charge in [0.15, 0.2) is 8.38 Å². The summed E-state index contributed by atoms with van der Waals surface area (Å²) in [7, 11) is -1.89. The molecule has 0 fully saturated rings. The zero-order valence-corrected chi connectivity index (χ0v) is 13.5. The molecule has 1 atom stereocenters. The maximum absolute atomic E-state index is 9.47. The molecule has 112 valence electrons. The first-order valence-corrected chi connectivity index (χ1v) is 8.68. The van der Waals surface area contributed by atoms with E-state index in [4.69, 9.17) is 0 Å². The molecule has 0 amide bonds. The molecule has 2 aromatic carbocycles. The lowest BCUT2D eigenvalue weighted by Crippen LogP contribution is -2.22. The first-order valence-electron chi connectivity index (χ1n) is 7.25. The average Bonchev–Trinajstić information content (AvgIpc) is 2.48. The van der Waals surface area contributed by atoms with Gasteiger partial charge in [-0.25, -0.2) is 0 Å². The largest absolute Gasteiger partial charge is 0.350 e. The molecule has 1 unspecified atom stereocenters. The van der Waals surface area contributed by atoms with Crippen molar-refractivity contribution in [2.24, 2.45) is 0 Å². The van der Waals surface area contributed by atoms with E-state index >= 15 is 0 Å². The Labute approximate surface area is 128 Å². The molecule has 0 radical (unpaired) electrons. The Hall–Kier alpha value is -1.21. The third kappa shape index (κ3) is 4.64. The van der Waals surface area contributed by atoms with Crippen LogP contribution in [0, 0.1) is 0 Å². The highest BCUT2D eigenvalue weighted by molar-refractivity contribution is 7.45. The lowest BCUT2D eigenvalue weighted by atomic mass is 9.76. The van der Waals surface area contributed by atoms with Crippen LogP contribution in [0.15, 0.2) is 60.7 Å². The van der Waals surface area contributed by atoms with Crippen molar-refractivity contribution in [2.45, 2.75) is 31.6 Å². The first-order chi connectivity index (χ1) is 9.99. The Morgan fingerprint density at radius 3 is 1.95 bits per heavy atom. The van der Waals surface area contributed by atoms with Crippen LogP contribution in [0.3, 0.4) is 0 Å². The highest BCUT2D eigenvalue weighted by atomic mass is 31.2. The number of hydrogen-bond acceptors (Lipinski definition) is 2. The summed E-state index contributed by atoms with van der Waals surface area (Å²) in [6.07, 6.45) is 1.32. The predicted octanol–water partition coefficient (Wildman–Crippen LogP) is 4.43. The highest BCUT2D eigenvalue weighted by Crippen LogP contribution is 2.40. The third-order valence-electron chi connectivity index (χ3n) is 3.97. The second-order valence-corrected chi connectivity index (χ2v) is 7.23. The number of rotatable bonds is 6. The molecule has 0 aromatic heterocycles. The summed E-state index contributed by atoms with van der Waals surface area (Å²) in [4.78, 5) is 18.9. The van der Waals surface area contributed by atoms with E-state index in [0.717, 1.165) is 6.42 Å². The van der Waals surface area contributed by atoms with E-state index in [1.54, 1.807) is 0 Å². The fourth-order valence-corrected chi connectivity index (χ4v) is 3.57. The summed E-state index contributed by atoms with van der Waals surface area (Å²) < 4.78 is 0. The van der Waals surface area contributed by atoms with Crippen LogP contribution in [0.25, 0.3) is 0 Å². The van der Waals surface area contributed by atoms with E-state index in [2.05, 4.69) is 50.2 Å². The van der Waals surface area contributed by atoms with Gasteiger partial charge in [-0.15, -0.1) is 0 Å². The number of hydrogen-bond donors (Lipinski definition) is 2. The van der Waals surface area contributed by atoms with Crippen LogP contribution in [0.4, 0.5) is 0 Å². The molecule has 2 nitrogen and oxygen atoms in total. The van der Waals surface area contributed by atoms with Crippen LogP contribution >= 0.6 is 8.38 Å². The SMILES string of the molecule is CC(C)(CC(CP(O)O)c1ccccc1)c1ccccc1. The zero-order chi connectivity index (χ0) is 15.3. The second-order valence-electron chi connectivity index (χ2n) is 6.12. The van der Waals surface area contributed by atoms with Crippen LogP contribution in [0.1, 0.15) is 37.3 Å². The topological polar surface area (TPSA) is 40.5 Å². The number of benzene rings is 2. The van der Waals surface area contributed by atoms with Gasteiger partial charge in [-0.3, -0.25) is 0 Å². The van der Waals surface area contributed by atoms with Gasteiger partial charge >= 0.3 is 0 Å². The van der Waals surface area contributed by atoms with Crippen molar-refractivity contribution >= 4 is 8.38 Å². The van der Waals surface area contributed by atoms with E-state index in [1.807, 2.05) is 24.3 Å². The lowest BCUT2D eigenvalue weighted by Gasteiger charge is -2.31. The normalized spacial score (nSPS) is 13.4. The summed E-state index contributed by atoms with van der Waals surface area (Å²) in [5, 5.41) is 0. The van der Waals surface area contributed by atoms with Gasteiger partial charge in [0.1, 0.15) is 0 Å². The molecule has 2 N–H and O–H groups in total. The van der Waals surface area contributed by atoms with Gasteiger partial charge in [-0.2, -0.15) is 0 Å². The van der Waals surface area contributed by atoms with Crippen molar-refractivity contribution in [1.29, 1.82) is 0 Å². The van der Waals surface area contributed by atoms with Gasteiger partial charge in [-0.1, -0.05) is 74.5 Å². The van der Waals surface area contributed by atoms with Crippen molar-refractivity contribution in [3.05, 3.63) is 71.8 Å². The minimum atomic E-state index is -1.89. The fourth-order valence-electron chi connectivity index (χ4n) is 2.83. The molecule has 0 saturated carbocycles. The zero-order valence-electron chi connectivity index (χ0n) is 12.6. The first kappa shape index (κ1) is 16.2. The monoisotopic (exact) mass is 302 g/mol. The molecule has 2 rings (SSSR count). The van der Waals surface area contributed by atoms with Crippen molar-refractivity contribution in [2.75, 3.05) is 6.16 Å². The molecular weight excluding hydrogens is 279 g/mol. The molecular formula is C18H23O2P. The molecule has 21 heavy (non-hydrogen) atoms. The van der Waals surface area contributed by atoms with Crippen molar-refractivity contribution in [3.8, 4) is 0 Å². The average molecular weight is 302 g/mol. The molecule has 0 bridgehead atoms. The summed E-state index contributed by atoms with van der Waals surface area (Å²) >= 11 is 0. The minimum absolute atomic E-state index is 0.00683.